The summed E-state index contributed by atoms with van der Waals surface area (Å²) in [5.74, 6) is -1.21. The van der Waals surface area contributed by atoms with Gasteiger partial charge in [0.05, 0.1) is 11.6 Å². The van der Waals surface area contributed by atoms with Crippen LogP contribution in [0.3, 0.4) is 0 Å². The molecule has 0 bridgehead atoms. The third kappa shape index (κ3) is 4.16. The molecule has 0 radical (unpaired) electrons. The monoisotopic (exact) mass is 250 g/mol. The van der Waals surface area contributed by atoms with Crippen molar-refractivity contribution < 1.29 is 14.3 Å². The lowest BCUT2D eigenvalue weighted by Crippen LogP contribution is -2.25. The fourth-order valence-corrected chi connectivity index (χ4v) is 1.08. The van der Waals surface area contributed by atoms with Crippen LogP contribution in [0.15, 0.2) is 18.5 Å². The van der Waals surface area contributed by atoms with Crippen LogP contribution in [-0.2, 0) is 20.9 Å². The number of aryl methyl sites for hydroxylation is 1. The van der Waals surface area contributed by atoms with Crippen LogP contribution in [0.2, 0.25) is 0 Å². The van der Waals surface area contributed by atoms with Gasteiger partial charge in [-0.05, 0) is 33.8 Å². The van der Waals surface area contributed by atoms with Gasteiger partial charge in [-0.25, -0.2) is 4.79 Å². The van der Waals surface area contributed by atoms with Crippen LogP contribution < -0.4 is 0 Å². The molecule has 5 nitrogen and oxygen atoms in total. The maximum atomic E-state index is 11.4. The highest BCUT2D eigenvalue weighted by atomic mass is 16.6. The fraction of sp³-hybridized carbons (Fsp3) is 0.462. The third-order valence-electron chi connectivity index (χ3n) is 2.19. The first kappa shape index (κ1) is 14.2. The smallest absolute Gasteiger partial charge is 0.338 e. The third-order valence-corrected chi connectivity index (χ3v) is 2.19. The van der Waals surface area contributed by atoms with Crippen LogP contribution in [0, 0.1) is 5.41 Å². The summed E-state index contributed by atoms with van der Waals surface area (Å²) < 4.78 is 6.42. The van der Waals surface area contributed by atoms with E-state index in [2.05, 4.69) is 9.84 Å². The van der Waals surface area contributed by atoms with Crippen LogP contribution in [0.5, 0.6) is 0 Å². The molecule has 0 saturated carbocycles. The maximum Gasteiger partial charge on any atom is 0.338 e. The molecule has 0 aromatic carbocycles. The zero-order valence-electron chi connectivity index (χ0n) is 11.1. The van der Waals surface area contributed by atoms with Gasteiger partial charge in [0.2, 0.25) is 0 Å². The normalized spacial score (nSPS) is 11.8. The lowest BCUT2D eigenvalue weighted by Gasteiger charge is -2.14. The van der Waals surface area contributed by atoms with Crippen molar-refractivity contribution in [1.29, 1.82) is 0 Å². The van der Waals surface area contributed by atoms with Gasteiger partial charge in [0.1, 0.15) is 0 Å². The molecule has 1 rings (SSSR count). The Morgan fingerprint density at radius 3 is 2.61 bits per heavy atom. The second-order valence-corrected chi connectivity index (χ2v) is 4.92. The van der Waals surface area contributed by atoms with Gasteiger partial charge >= 0.3 is 11.9 Å². The Morgan fingerprint density at radius 1 is 1.44 bits per heavy atom. The minimum Gasteiger partial charge on any atom is -0.389 e. The molecule has 0 aliphatic rings. The van der Waals surface area contributed by atoms with Crippen LogP contribution >= 0.6 is 0 Å². The van der Waals surface area contributed by atoms with Crippen LogP contribution in [-0.4, -0.2) is 21.7 Å². The molecule has 0 unspecified atom stereocenters. The second-order valence-electron chi connectivity index (χ2n) is 4.92. The van der Waals surface area contributed by atoms with E-state index < -0.39 is 17.4 Å². The van der Waals surface area contributed by atoms with E-state index in [0.717, 1.165) is 12.1 Å². The van der Waals surface area contributed by atoms with Gasteiger partial charge in [-0.15, -0.1) is 0 Å². The highest BCUT2D eigenvalue weighted by Crippen LogP contribution is 2.15. The SMILES string of the molecule is CCn1cc(/C=C/C(=O)OC(=O)C(C)(C)C)cn1. The molecule has 5 heteroatoms. The largest absolute Gasteiger partial charge is 0.389 e. The predicted molar refractivity (Wildman–Crippen MR) is 67.5 cm³/mol. The van der Waals surface area contributed by atoms with Crippen molar-refractivity contribution in [3.05, 3.63) is 24.0 Å². The van der Waals surface area contributed by atoms with Gasteiger partial charge in [0.25, 0.3) is 0 Å². The van der Waals surface area contributed by atoms with Crippen molar-refractivity contribution in [2.45, 2.75) is 34.2 Å². The van der Waals surface area contributed by atoms with E-state index in [9.17, 15) is 9.59 Å². The van der Waals surface area contributed by atoms with Gasteiger partial charge in [0.15, 0.2) is 0 Å². The highest BCUT2D eigenvalue weighted by molar-refractivity contribution is 5.96. The lowest BCUT2D eigenvalue weighted by atomic mass is 9.97. The summed E-state index contributed by atoms with van der Waals surface area (Å²) in [6, 6.07) is 0. The second kappa shape index (κ2) is 5.62. The van der Waals surface area contributed by atoms with Crippen LogP contribution in [0.4, 0.5) is 0 Å². The Hall–Kier alpha value is -1.91. The van der Waals surface area contributed by atoms with E-state index >= 15 is 0 Å². The number of carbonyl (C=O) groups is 2. The molecule has 1 heterocycles. The minimum absolute atomic E-state index is 0.540. The standard InChI is InChI=1S/C13H18N2O3/c1-5-15-9-10(8-14-15)6-7-11(16)18-12(17)13(2,3)4/h6-9H,5H2,1-4H3/b7-6+. The van der Waals surface area contributed by atoms with E-state index in [0.29, 0.717) is 0 Å². The molecule has 0 amide bonds. The number of hydrogen-bond donors (Lipinski definition) is 0. The molecule has 0 aliphatic heterocycles. The zero-order valence-corrected chi connectivity index (χ0v) is 11.1. The fourth-order valence-electron chi connectivity index (χ4n) is 1.08. The molecule has 0 N–H and O–H groups in total. The topological polar surface area (TPSA) is 61.2 Å². The number of ether oxygens (including phenoxy) is 1. The summed E-state index contributed by atoms with van der Waals surface area (Å²) in [5.41, 5.74) is 0.105. The van der Waals surface area contributed by atoms with Crippen molar-refractivity contribution in [3.63, 3.8) is 0 Å². The Bertz CT molecular complexity index is 467. The Kier molecular flexibility index (Phi) is 4.42. The lowest BCUT2D eigenvalue weighted by molar-refractivity contribution is -0.162. The van der Waals surface area contributed by atoms with E-state index in [1.54, 1.807) is 43.9 Å². The van der Waals surface area contributed by atoms with Gasteiger partial charge in [-0.1, -0.05) is 0 Å². The van der Waals surface area contributed by atoms with Crippen molar-refractivity contribution in [3.8, 4) is 0 Å². The van der Waals surface area contributed by atoms with Crippen LogP contribution in [0.25, 0.3) is 6.08 Å². The molecule has 0 spiro atoms. The molecule has 0 saturated heterocycles. The van der Waals surface area contributed by atoms with Gasteiger partial charge in [-0.2, -0.15) is 5.10 Å². The average molecular weight is 250 g/mol. The van der Waals surface area contributed by atoms with Gasteiger partial charge in [-0.3, -0.25) is 9.48 Å². The zero-order chi connectivity index (χ0) is 13.8. The first-order valence-corrected chi connectivity index (χ1v) is 5.79. The summed E-state index contributed by atoms with van der Waals surface area (Å²) >= 11 is 0. The first-order chi connectivity index (χ1) is 8.32. The molecule has 18 heavy (non-hydrogen) atoms. The van der Waals surface area contributed by atoms with Crippen molar-refractivity contribution in [1.82, 2.24) is 9.78 Å². The number of esters is 2. The molecular formula is C13H18N2O3. The summed E-state index contributed by atoms with van der Waals surface area (Å²) in [4.78, 5) is 22.8. The quantitative estimate of drug-likeness (QED) is 0.468. The number of aromatic nitrogens is 2. The Morgan fingerprint density at radius 2 is 2.11 bits per heavy atom. The summed E-state index contributed by atoms with van der Waals surface area (Å²) in [6.07, 6.45) is 6.23. The molecule has 0 fully saturated rings. The number of rotatable bonds is 3. The van der Waals surface area contributed by atoms with Gasteiger partial charge < -0.3 is 4.74 Å². The van der Waals surface area contributed by atoms with E-state index in [1.165, 1.54) is 6.08 Å². The Labute approximate surface area is 106 Å². The molecule has 0 aliphatic carbocycles. The highest BCUT2D eigenvalue weighted by Gasteiger charge is 2.24. The summed E-state index contributed by atoms with van der Waals surface area (Å²) in [6.45, 7) is 7.81. The molecule has 98 valence electrons. The maximum absolute atomic E-state index is 11.4. The number of nitrogens with zero attached hydrogens (tertiary/aromatic N) is 2. The van der Waals surface area contributed by atoms with E-state index in [-0.39, 0.29) is 0 Å². The Balaban J connectivity index is 2.57. The van der Waals surface area contributed by atoms with Gasteiger partial charge in [0, 0.05) is 24.4 Å². The number of hydrogen-bond acceptors (Lipinski definition) is 4. The van der Waals surface area contributed by atoms with E-state index in [1.807, 2.05) is 6.92 Å². The minimum atomic E-state index is -0.684. The molecule has 0 atom stereocenters. The summed E-state index contributed by atoms with van der Waals surface area (Å²) in [5, 5.41) is 4.06. The van der Waals surface area contributed by atoms with Crippen LogP contribution in [0.1, 0.15) is 33.3 Å². The van der Waals surface area contributed by atoms with Crippen molar-refractivity contribution in [2.75, 3.05) is 0 Å². The molecule has 1 aromatic heterocycles. The van der Waals surface area contributed by atoms with E-state index in [4.69, 9.17) is 0 Å². The predicted octanol–water partition coefficient (Wildman–Crippen LogP) is 2.03. The number of carbonyl (C=O) groups excluding carboxylic acids is 2. The average Bonchev–Trinajstić information content (AvgIpc) is 2.73. The van der Waals surface area contributed by atoms with Crippen molar-refractivity contribution >= 4 is 18.0 Å². The first-order valence-electron chi connectivity index (χ1n) is 5.79. The van der Waals surface area contributed by atoms with Crippen molar-refractivity contribution in [2.24, 2.45) is 5.41 Å². The molecular weight excluding hydrogens is 232 g/mol. The summed E-state index contributed by atoms with van der Waals surface area (Å²) in [7, 11) is 0. The molecule has 1 aromatic rings.